The third-order valence-electron chi connectivity index (χ3n) is 6.37. The fourth-order valence-corrected chi connectivity index (χ4v) is 4.55. The molecule has 11 nitrogen and oxygen atoms in total. The summed E-state index contributed by atoms with van der Waals surface area (Å²) >= 11 is 6.20. The number of anilines is 2. The number of halogens is 1. The van der Waals surface area contributed by atoms with Crippen LogP contribution >= 0.6 is 11.6 Å². The van der Waals surface area contributed by atoms with E-state index in [2.05, 4.69) is 30.5 Å². The fraction of sp³-hybridized carbons (Fsp3) is 0.273. The van der Waals surface area contributed by atoms with E-state index in [1.165, 1.54) is 4.68 Å². The number of aromatic nitrogens is 6. The van der Waals surface area contributed by atoms with Crippen molar-refractivity contribution in [1.29, 1.82) is 0 Å². The topological polar surface area (TPSA) is 135 Å². The molecule has 1 saturated heterocycles. The average molecular weight is 479 g/mol. The number of pyridine rings is 1. The number of nitrogens with one attached hydrogen (secondary N) is 1. The summed E-state index contributed by atoms with van der Waals surface area (Å²) in [4.78, 5) is 27.6. The molecule has 5 heterocycles. The van der Waals surface area contributed by atoms with Crippen LogP contribution in [0.4, 0.5) is 11.6 Å². The zero-order valence-electron chi connectivity index (χ0n) is 18.2. The smallest absolute Gasteiger partial charge is 0.262 e. The second-order valence-electron chi connectivity index (χ2n) is 8.44. The van der Waals surface area contributed by atoms with Gasteiger partial charge in [-0.3, -0.25) is 9.48 Å². The van der Waals surface area contributed by atoms with E-state index in [9.17, 15) is 9.90 Å². The van der Waals surface area contributed by atoms with E-state index in [-0.39, 0.29) is 23.6 Å². The molecule has 0 unspecified atom stereocenters. The zero-order valence-corrected chi connectivity index (χ0v) is 18.9. The van der Waals surface area contributed by atoms with Gasteiger partial charge in [0.2, 0.25) is 11.5 Å². The Hall–Kier alpha value is -3.83. The first kappa shape index (κ1) is 20.8. The molecule has 1 aliphatic carbocycles. The Balaban J connectivity index is 1.29. The number of likely N-dealkylation sites (tertiary alicyclic amines) is 1. The van der Waals surface area contributed by atoms with E-state index in [0.717, 1.165) is 6.42 Å². The highest BCUT2D eigenvalue weighted by Gasteiger charge is 2.68. The van der Waals surface area contributed by atoms with Gasteiger partial charge in [-0.15, -0.1) is 0 Å². The number of fused-ring (bicyclic) bond motifs is 1. The van der Waals surface area contributed by atoms with E-state index < -0.39 is 5.60 Å². The Bertz CT molecular complexity index is 1440. The quantitative estimate of drug-likeness (QED) is 0.443. The monoisotopic (exact) mass is 478 g/mol. The van der Waals surface area contributed by atoms with Crippen LogP contribution < -0.4 is 5.32 Å². The van der Waals surface area contributed by atoms with Gasteiger partial charge in [0, 0.05) is 38.3 Å². The van der Waals surface area contributed by atoms with E-state index in [0.29, 0.717) is 39.6 Å². The molecule has 4 aromatic heterocycles. The minimum atomic E-state index is -1.68. The maximum atomic E-state index is 12.6. The second kappa shape index (κ2) is 7.34. The van der Waals surface area contributed by atoms with Crippen LogP contribution in [0.3, 0.4) is 0 Å². The molecule has 3 atom stereocenters. The second-order valence-corrected chi connectivity index (χ2v) is 8.80. The molecule has 4 aromatic rings. The number of likely N-dealkylation sites (N-methyl/N-ethyl adjacent to an activating group) is 1. The summed E-state index contributed by atoms with van der Waals surface area (Å²) in [5.41, 5.74) is 1.01. The zero-order chi connectivity index (χ0) is 23.6. The van der Waals surface area contributed by atoms with Crippen molar-refractivity contribution in [3.8, 4) is 22.8 Å². The van der Waals surface area contributed by atoms with Crippen LogP contribution in [0.15, 0.2) is 47.2 Å². The largest absolute Gasteiger partial charge is 0.373 e. The molecule has 0 radical (unpaired) electrons. The van der Waals surface area contributed by atoms with E-state index >= 15 is 0 Å². The normalized spacial score (nSPS) is 23.3. The molecule has 12 heteroatoms. The molecular weight excluding hydrogens is 460 g/mol. The lowest BCUT2D eigenvalue weighted by Crippen LogP contribution is -2.40. The highest BCUT2D eigenvalue weighted by molar-refractivity contribution is 6.32. The number of carbonyl (C=O) groups excluding carboxylic acids is 1. The molecule has 0 bridgehead atoms. The lowest BCUT2D eigenvalue weighted by molar-refractivity contribution is -0.149. The summed E-state index contributed by atoms with van der Waals surface area (Å²) in [7, 11) is 3.43. The number of rotatable bonds is 5. The Kier molecular flexibility index (Phi) is 4.48. The van der Waals surface area contributed by atoms with Gasteiger partial charge in [0.05, 0.1) is 29.0 Å². The van der Waals surface area contributed by atoms with Crippen molar-refractivity contribution >= 4 is 29.1 Å². The SMILES string of the molecule is CN1C(=O)[C@](O)(c2cc(-c3cccc(-c4ccnc(Nc5cnn(C)c5Cl)n4)n3)no2)[C@H]2C[C@H]21. The molecule has 2 fully saturated rings. The minimum absolute atomic E-state index is 0.0506. The Morgan fingerprint density at radius 1 is 1.18 bits per heavy atom. The van der Waals surface area contributed by atoms with Crippen LogP contribution in [-0.4, -0.2) is 58.9 Å². The number of hydrogen-bond donors (Lipinski definition) is 2. The molecule has 2 N–H and O–H groups in total. The molecule has 0 aromatic carbocycles. The van der Waals surface area contributed by atoms with Gasteiger partial charge in [-0.05, 0) is 24.6 Å². The third-order valence-corrected chi connectivity index (χ3v) is 6.81. The molecule has 1 aliphatic heterocycles. The Morgan fingerprint density at radius 3 is 2.65 bits per heavy atom. The van der Waals surface area contributed by atoms with Gasteiger partial charge in [0.25, 0.3) is 5.91 Å². The number of nitrogens with zero attached hydrogens (tertiary/aromatic N) is 7. The molecule has 1 saturated carbocycles. The summed E-state index contributed by atoms with van der Waals surface area (Å²) in [5, 5.41) is 22.7. The number of piperidine rings is 1. The highest BCUT2D eigenvalue weighted by atomic mass is 35.5. The van der Waals surface area contributed by atoms with Gasteiger partial charge in [-0.1, -0.05) is 22.8 Å². The van der Waals surface area contributed by atoms with Crippen molar-refractivity contribution in [3.05, 3.63) is 53.6 Å². The summed E-state index contributed by atoms with van der Waals surface area (Å²) in [5.74, 6) is -0.0647. The number of aryl methyl sites for hydroxylation is 1. The first-order valence-corrected chi connectivity index (χ1v) is 11.0. The first-order chi connectivity index (χ1) is 16.4. The Labute approximate surface area is 198 Å². The van der Waals surface area contributed by atoms with Crippen LogP contribution in [0.5, 0.6) is 0 Å². The van der Waals surface area contributed by atoms with Crippen molar-refractivity contribution in [1.82, 2.24) is 34.8 Å². The van der Waals surface area contributed by atoms with Crippen LogP contribution in [0, 0.1) is 5.92 Å². The van der Waals surface area contributed by atoms with Crippen LogP contribution in [0.25, 0.3) is 22.8 Å². The Morgan fingerprint density at radius 2 is 1.94 bits per heavy atom. The molecule has 6 rings (SSSR count). The van der Waals surface area contributed by atoms with Crippen molar-refractivity contribution in [3.63, 3.8) is 0 Å². The molecule has 2 aliphatic rings. The van der Waals surface area contributed by atoms with Gasteiger partial charge in [0.1, 0.15) is 10.8 Å². The van der Waals surface area contributed by atoms with Crippen LogP contribution in [-0.2, 0) is 17.4 Å². The highest BCUT2D eigenvalue weighted by Crippen LogP contribution is 2.55. The van der Waals surface area contributed by atoms with E-state index in [1.54, 1.807) is 49.6 Å². The number of carbonyl (C=O) groups is 1. The van der Waals surface area contributed by atoms with Crippen molar-refractivity contribution < 1.29 is 14.4 Å². The lowest BCUT2D eigenvalue weighted by atomic mass is 9.95. The summed E-state index contributed by atoms with van der Waals surface area (Å²) in [6.45, 7) is 0. The average Bonchev–Trinajstić information content (AvgIpc) is 3.34. The number of hydrogen-bond acceptors (Lipinski definition) is 9. The van der Waals surface area contributed by atoms with Gasteiger partial charge in [-0.25, -0.2) is 15.0 Å². The molecular formula is C22H19ClN8O3. The number of aliphatic hydroxyl groups is 1. The van der Waals surface area contributed by atoms with Gasteiger partial charge in [-0.2, -0.15) is 5.10 Å². The van der Waals surface area contributed by atoms with Crippen molar-refractivity contribution in [2.45, 2.75) is 18.1 Å². The predicted octanol–water partition coefficient (Wildman–Crippen LogP) is 2.37. The standard InChI is InChI=1S/C22H19ClN8O3/c1-30-17-8-11(17)22(33,20(30)32)18-9-15(29-34-18)13-5-3-4-12(26-13)14-6-7-24-21(27-14)28-16-10-25-31(2)19(16)23/h3-7,9-11,17,33H,8H2,1-2H3,(H,24,27,28)/t11-,17+,22+/m0/s1. The molecule has 34 heavy (non-hydrogen) atoms. The van der Waals surface area contributed by atoms with Crippen molar-refractivity contribution in [2.75, 3.05) is 12.4 Å². The molecule has 0 spiro atoms. The van der Waals surface area contributed by atoms with Gasteiger partial charge >= 0.3 is 0 Å². The van der Waals surface area contributed by atoms with Crippen LogP contribution in [0.2, 0.25) is 5.15 Å². The predicted molar refractivity (Wildman–Crippen MR) is 121 cm³/mol. The van der Waals surface area contributed by atoms with Crippen molar-refractivity contribution in [2.24, 2.45) is 13.0 Å². The molecule has 172 valence electrons. The van der Waals surface area contributed by atoms with Gasteiger partial charge < -0.3 is 19.8 Å². The van der Waals surface area contributed by atoms with Gasteiger partial charge in [0.15, 0.2) is 5.76 Å². The first-order valence-electron chi connectivity index (χ1n) is 10.6. The van der Waals surface area contributed by atoms with E-state index in [1.807, 2.05) is 12.1 Å². The summed E-state index contributed by atoms with van der Waals surface area (Å²) in [6, 6.07) is 8.77. The van der Waals surface area contributed by atoms with E-state index in [4.69, 9.17) is 16.1 Å². The minimum Gasteiger partial charge on any atom is -0.373 e. The molecule has 1 amide bonds. The van der Waals surface area contributed by atoms with Crippen LogP contribution in [0.1, 0.15) is 12.2 Å². The maximum absolute atomic E-state index is 12.6. The summed E-state index contributed by atoms with van der Waals surface area (Å²) in [6.07, 6.45) is 3.95. The number of amides is 1. The summed E-state index contributed by atoms with van der Waals surface area (Å²) < 4.78 is 6.95. The third kappa shape index (κ3) is 3.08. The lowest BCUT2D eigenvalue weighted by Gasteiger charge is -2.21. The fourth-order valence-electron chi connectivity index (χ4n) is 4.41. The maximum Gasteiger partial charge on any atom is 0.262 e.